The van der Waals surface area contributed by atoms with E-state index in [1.54, 1.807) is 6.08 Å². The van der Waals surface area contributed by atoms with Gasteiger partial charge in [0.15, 0.2) is 5.78 Å². The molecular weight excluding hydrogens is 300 g/mol. The Balaban J connectivity index is 2.21. The molecule has 0 spiro atoms. The number of allylic oxidation sites excluding steroid dienone is 6. The van der Waals surface area contributed by atoms with Gasteiger partial charge in [-0.3, -0.25) is 9.59 Å². The Morgan fingerprint density at radius 2 is 2.00 bits per heavy atom. The summed E-state index contributed by atoms with van der Waals surface area (Å²) in [5.74, 6) is -3.12. The number of rotatable bonds is 3. The first-order valence-electron chi connectivity index (χ1n) is 7.12. The Hall–Kier alpha value is -1.72. The van der Waals surface area contributed by atoms with Gasteiger partial charge in [-0.2, -0.15) is 13.2 Å². The first-order chi connectivity index (χ1) is 10.3. The third-order valence-electron chi connectivity index (χ3n) is 3.96. The maximum absolute atomic E-state index is 14.3. The number of carbonyl (C=O) groups excluding carboxylic acids is 2. The van der Waals surface area contributed by atoms with E-state index >= 15 is 0 Å². The fourth-order valence-corrected chi connectivity index (χ4v) is 2.68. The van der Waals surface area contributed by atoms with Crippen molar-refractivity contribution in [2.75, 3.05) is 0 Å². The quantitative estimate of drug-likeness (QED) is 0.737. The number of halogens is 4. The van der Waals surface area contributed by atoms with E-state index < -0.39 is 30.0 Å². The van der Waals surface area contributed by atoms with Crippen LogP contribution in [0.2, 0.25) is 0 Å². The summed E-state index contributed by atoms with van der Waals surface area (Å²) in [4.78, 5) is 24.0. The van der Waals surface area contributed by atoms with Gasteiger partial charge in [-0.1, -0.05) is 24.3 Å². The standard InChI is InChI=1S/C16H16F4O2/c17-15(16(18,19)20)9-5-4-7-12(15)14(22)10-11-6-2-1-3-8-13(11)21/h4-7,9,12H,1-3,8,10H2. The lowest BCUT2D eigenvalue weighted by Gasteiger charge is -2.32. The molecule has 0 amide bonds. The van der Waals surface area contributed by atoms with Crippen LogP contribution >= 0.6 is 0 Å². The van der Waals surface area contributed by atoms with Crippen LogP contribution in [-0.2, 0) is 9.59 Å². The number of hydrogen-bond donors (Lipinski definition) is 0. The van der Waals surface area contributed by atoms with Crippen LogP contribution in [0.25, 0.3) is 0 Å². The minimum absolute atomic E-state index is 0.204. The maximum Gasteiger partial charge on any atom is 0.427 e. The van der Waals surface area contributed by atoms with E-state index in [0.29, 0.717) is 18.9 Å². The summed E-state index contributed by atoms with van der Waals surface area (Å²) in [6.07, 6.45) is 1.75. The lowest BCUT2D eigenvalue weighted by Crippen LogP contribution is -2.49. The topological polar surface area (TPSA) is 34.1 Å². The van der Waals surface area contributed by atoms with Gasteiger partial charge in [-0.05, 0) is 30.9 Å². The highest BCUT2D eigenvalue weighted by Crippen LogP contribution is 2.44. The Labute approximate surface area is 125 Å². The van der Waals surface area contributed by atoms with E-state index in [2.05, 4.69) is 0 Å². The molecule has 2 nitrogen and oxygen atoms in total. The van der Waals surface area contributed by atoms with Gasteiger partial charge in [0.25, 0.3) is 0 Å². The summed E-state index contributed by atoms with van der Waals surface area (Å²) in [7, 11) is 0. The van der Waals surface area contributed by atoms with Crippen molar-refractivity contribution in [1.82, 2.24) is 0 Å². The summed E-state index contributed by atoms with van der Waals surface area (Å²) in [5, 5.41) is 0. The Morgan fingerprint density at radius 3 is 2.68 bits per heavy atom. The predicted molar refractivity (Wildman–Crippen MR) is 72.8 cm³/mol. The number of ketones is 2. The van der Waals surface area contributed by atoms with Gasteiger partial charge in [0, 0.05) is 12.8 Å². The summed E-state index contributed by atoms with van der Waals surface area (Å²) >= 11 is 0. The minimum Gasteiger partial charge on any atom is -0.299 e. The lowest BCUT2D eigenvalue weighted by atomic mass is 9.79. The molecule has 0 N–H and O–H groups in total. The molecule has 2 aliphatic carbocycles. The number of hydrogen-bond acceptors (Lipinski definition) is 2. The smallest absolute Gasteiger partial charge is 0.299 e. The molecule has 2 rings (SSSR count). The fourth-order valence-electron chi connectivity index (χ4n) is 2.68. The van der Waals surface area contributed by atoms with Crippen molar-refractivity contribution in [2.45, 2.75) is 43.9 Å². The van der Waals surface area contributed by atoms with E-state index in [1.165, 1.54) is 6.08 Å². The molecule has 2 atom stereocenters. The predicted octanol–water partition coefficient (Wildman–Crippen LogP) is 4.03. The SMILES string of the molecule is O=C1CCCCC=C1CC(=O)C1C=CC=CC1(F)C(F)(F)F. The molecule has 0 bridgehead atoms. The number of carbonyl (C=O) groups is 2. The third kappa shape index (κ3) is 3.20. The minimum atomic E-state index is -5.18. The third-order valence-corrected chi connectivity index (χ3v) is 3.96. The van der Waals surface area contributed by atoms with Crippen LogP contribution in [0.3, 0.4) is 0 Å². The molecule has 0 aromatic carbocycles. The molecule has 0 saturated heterocycles. The molecule has 22 heavy (non-hydrogen) atoms. The van der Waals surface area contributed by atoms with Crippen LogP contribution in [0, 0.1) is 5.92 Å². The Kier molecular flexibility index (Phi) is 4.68. The van der Waals surface area contributed by atoms with Gasteiger partial charge in [0.05, 0.1) is 5.92 Å². The highest BCUT2D eigenvalue weighted by molar-refractivity contribution is 6.01. The van der Waals surface area contributed by atoms with Crippen LogP contribution < -0.4 is 0 Å². The molecule has 0 fully saturated rings. The molecule has 6 heteroatoms. The van der Waals surface area contributed by atoms with Crippen LogP contribution in [0.1, 0.15) is 32.1 Å². The Bertz CT molecular complexity index is 557. The molecule has 0 aromatic heterocycles. The molecule has 0 aromatic rings. The van der Waals surface area contributed by atoms with Gasteiger partial charge in [-0.25, -0.2) is 4.39 Å². The fraction of sp³-hybridized carbons (Fsp3) is 0.500. The van der Waals surface area contributed by atoms with E-state index in [4.69, 9.17) is 0 Å². The molecule has 0 aliphatic heterocycles. The molecule has 0 radical (unpaired) electrons. The zero-order valence-electron chi connectivity index (χ0n) is 11.8. The van der Waals surface area contributed by atoms with E-state index in [1.807, 2.05) is 0 Å². The van der Waals surface area contributed by atoms with Gasteiger partial charge in [0.1, 0.15) is 5.78 Å². The van der Waals surface area contributed by atoms with E-state index in [0.717, 1.165) is 18.6 Å². The average Bonchev–Trinajstić information content (AvgIpc) is 2.63. The normalized spacial score (nSPS) is 29.2. The van der Waals surface area contributed by atoms with E-state index in [-0.39, 0.29) is 17.8 Å². The van der Waals surface area contributed by atoms with Gasteiger partial charge >= 0.3 is 6.18 Å². The van der Waals surface area contributed by atoms with Crippen molar-refractivity contribution in [1.29, 1.82) is 0 Å². The first kappa shape index (κ1) is 16.6. The van der Waals surface area contributed by atoms with Crippen molar-refractivity contribution in [3.05, 3.63) is 36.0 Å². The summed E-state index contributed by atoms with van der Waals surface area (Å²) in [6, 6.07) is 0. The van der Waals surface area contributed by atoms with Gasteiger partial charge < -0.3 is 0 Å². The molecule has 120 valence electrons. The van der Waals surface area contributed by atoms with Crippen LogP contribution in [-0.4, -0.2) is 23.4 Å². The zero-order valence-corrected chi connectivity index (χ0v) is 11.8. The molecule has 2 aliphatic rings. The van der Waals surface area contributed by atoms with Gasteiger partial charge in [0.2, 0.25) is 5.67 Å². The molecule has 0 heterocycles. The van der Waals surface area contributed by atoms with Gasteiger partial charge in [-0.15, -0.1) is 0 Å². The van der Waals surface area contributed by atoms with Crippen LogP contribution in [0.5, 0.6) is 0 Å². The summed E-state index contributed by atoms with van der Waals surface area (Å²) in [6.45, 7) is 0. The highest BCUT2D eigenvalue weighted by Gasteiger charge is 2.60. The number of alkyl halides is 4. The largest absolute Gasteiger partial charge is 0.427 e. The molecule has 2 unspecified atom stereocenters. The highest BCUT2D eigenvalue weighted by atomic mass is 19.4. The van der Waals surface area contributed by atoms with Crippen LogP contribution in [0.4, 0.5) is 17.6 Å². The maximum atomic E-state index is 14.3. The lowest BCUT2D eigenvalue weighted by molar-refractivity contribution is -0.223. The van der Waals surface area contributed by atoms with Crippen molar-refractivity contribution in [3.8, 4) is 0 Å². The monoisotopic (exact) mass is 316 g/mol. The van der Waals surface area contributed by atoms with Crippen molar-refractivity contribution in [3.63, 3.8) is 0 Å². The molecular formula is C16H16F4O2. The zero-order chi connectivity index (χ0) is 16.4. The Morgan fingerprint density at radius 1 is 1.27 bits per heavy atom. The van der Waals surface area contributed by atoms with Crippen LogP contribution in [0.15, 0.2) is 36.0 Å². The first-order valence-corrected chi connectivity index (χ1v) is 7.12. The van der Waals surface area contributed by atoms with E-state index in [9.17, 15) is 27.2 Å². The van der Waals surface area contributed by atoms with Crippen molar-refractivity contribution < 1.29 is 27.2 Å². The summed E-state index contributed by atoms with van der Waals surface area (Å²) in [5.41, 5.74) is -3.51. The van der Waals surface area contributed by atoms with Crippen molar-refractivity contribution >= 4 is 11.6 Å². The summed E-state index contributed by atoms with van der Waals surface area (Å²) < 4.78 is 53.2. The molecule has 0 saturated carbocycles. The number of Topliss-reactive ketones (excluding diaryl/α,β-unsaturated/α-hetero) is 2. The van der Waals surface area contributed by atoms with Crippen molar-refractivity contribution in [2.24, 2.45) is 5.92 Å². The average molecular weight is 316 g/mol. The second-order valence-corrected chi connectivity index (χ2v) is 5.53. The second kappa shape index (κ2) is 6.18. The second-order valence-electron chi connectivity index (χ2n) is 5.53.